The standard InChI is InChI=1S/C19H23Cl2FNO6P/c1-5-19(6-2,30(25,26)27)29-18-15(22)14(20)16(17(21)23-18)28-11-7-8-13(24)12(9-11)10(3)4/h7-10,24H,5-6H2,1-4H3,(H2,25,26,27). The molecule has 2 aromatic rings. The molecule has 166 valence electrons. The fourth-order valence-corrected chi connectivity index (χ4v) is 4.35. The third-order valence-corrected chi connectivity index (χ3v) is 7.11. The van der Waals surface area contributed by atoms with E-state index in [1.165, 1.54) is 26.0 Å². The second-order valence-corrected chi connectivity index (χ2v) is 9.58. The Balaban J connectivity index is 2.47. The van der Waals surface area contributed by atoms with Crippen LogP contribution >= 0.6 is 30.8 Å². The molecule has 0 fully saturated rings. The van der Waals surface area contributed by atoms with Crippen LogP contribution < -0.4 is 9.47 Å². The molecule has 30 heavy (non-hydrogen) atoms. The highest BCUT2D eigenvalue weighted by molar-refractivity contribution is 7.53. The van der Waals surface area contributed by atoms with E-state index in [4.69, 9.17) is 32.7 Å². The van der Waals surface area contributed by atoms with E-state index < -0.39 is 29.7 Å². The Morgan fingerprint density at radius 3 is 2.33 bits per heavy atom. The molecule has 11 heteroatoms. The van der Waals surface area contributed by atoms with Crippen molar-refractivity contribution in [3.05, 3.63) is 39.8 Å². The summed E-state index contributed by atoms with van der Waals surface area (Å²) in [6.45, 7) is 6.75. The highest BCUT2D eigenvalue weighted by Gasteiger charge is 2.47. The van der Waals surface area contributed by atoms with E-state index in [1.54, 1.807) is 6.07 Å². The van der Waals surface area contributed by atoms with Crippen molar-refractivity contribution in [2.45, 2.75) is 51.8 Å². The maximum Gasteiger partial charge on any atom is 0.368 e. The molecule has 0 atom stereocenters. The molecule has 0 radical (unpaired) electrons. The van der Waals surface area contributed by atoms with Crippen LogP contribution in [-0.2, 0) is 4.57 Å². The third-order valence-electron chi connectivity index (χ3n) is 4.73. The SMILES string of the molecule is CCC(CC)(Oc1nc(Cl)c(Oc2ccc(O)c(C(C)C)c2)c(Cl)c1F)P(=O)(O)O. The van der Waals surface area contributed by atoms with Gasteiger partial charge in [0, 0.05) is 5.56 Å². The van der Waals surface area contributed by atoms with Crippen molar-refractivity contribution in [1.82, 2.24) is 4.98 Å². The van der Waals surface area contributed by atoms with Gasteiger partial charge in [0.05, 0.1) is 0 Å². The molecule has 7 nitrogen and oxygen atoms in total. The lowest BCUT2D eigenvalue weighted by Crippen LogP contribution is -2.35. The van der Waals surface area contributed by atoms with Gasteiger partial charge in [-0.25, -0.2) is 0 Å². The van der Waals surface area contributed by atoms with Crippen LogP contribution in [0.2, 0.25) is 10.2 Å². The third kappa shape index (κ3) is 4.84. The van der Waals surface area contributed by atoms with E-state index in [9.17, 15) is 23.8 Å². The monoisotopic (exact) mass is 481 g/mol. The predicted octanol–water partition coefficient (Wildman–Crippen LogP) is 6.22. The van der Waals surface area contributed by atoms with E-state index in [-0.39, 0.29) is 41.2 Å². The number of aromatic hydroxyl groups is 1. The minimum atomic E-state index is -4.78. The first-order valence-corrected chi connectivity index (χ1v) is 11.5. The summed E-state index contributed by atoms with van der Waals surface area (Å²) < 4.78 is 37.7. The predicted molar refractivity (Wildman–Crippen MR) is 112 cm³/mol. The van der Waals surface area contributed by atoms with Gasteiger partial charge in [0.25, 0.3) is 5.88 Å². The molecule has 1 heterocycles. The van der Waals surface area contributed by atoms with Crippen LogP contribution in [0.5, 0.6) is 23.1 Å². The van der Waals surface area contributed by atoms with E-state index >= 15 is 0 Å². The summed E-state index contributed by atoms with van der Waals surface area (Å²) in [5.74, 6) is -1.89. The zero-order valence-corrected chi connectivity index (χ0v) is 19.2. The lowest BCUT2D eigenvalue weighted by atomic mass is 10.0. The van der Waals surface area contributed by atoms with Crippen molar-refractivity contribution in [3.63, 3.8) is 0 Å². The minimum absolute atomic E-state index is 0.00556. The Morgan fingerprint density at radius 1 is 1.23 bits per heavy atom. The number of pyridine rings is 1. The molecular formula is C19H23Cl2FNO6P. The first kappa shape index (κ1) is 24.7. The van der Waals surface area contributed by atoms with Crippen molar-refractivity contribution in [3.8, 4) is 23.1 Å². The normalized spacial score (nSPS) is 12.3. The molecule has 3 N–H and O–H groups in total. The number of hydrogen-bond acceptors (Lipinski definition) is 5. The molecular weight excluding hydrogens is 459 g/mol. The van der Waals surface area contributed by atoms with Crippen molar-refractivity contribution in [2.75, 3.05) is 0 Å². The number of ether oxygens (including phenoxy) is 2. The lowest BCUT2D eigenvalue weighted by Gasteiger charge is -2.32. The van der Waals surface area contributed by atoms with Gasteiger partial charge in [-0.1, -0.05) is 50.9 Å². The van der Waals surface area contributed by atoms with Gasteiger partial charge >= 0.3 is 7.60 Å². The van der Waals surface area contributed by atoms with Crippen LogP contribution in [0.4, 0.5) is 4.39 Å². The lowest BCUT2D eigenvalue weighted by molar-refractivity contribution is 0.0976. The van der Waals surface area contributed by atoms with Crippen LogP contribution in [0.25, 0.3) is 0 Å². The van der Waals surface area contributed by atoms with Crippen LogP contribution in [-0.4, -0.2) is 25.2 Å². The van der Waals surface area contributed by atoms with Gasteiger partial charge in [0.15, 0.2) is 10.9 Å². The van der Waals surface area contributed by atoms with Crippen molar-refractivity contribution in [2.24, 2.45) is 0 Å². The van der Waals surface area contributed by atoms with Gasteiger partial charge in [-0.3, -0.25) is 4.57 Å². The Kier molecular flexibility index (Phi) is 7.64. The molecule has 1 aromatic heterocycles. The summed E-state index contributed by atoms with van der Waals surface area (Å²) >= 11 is 12.2. The summed E-state index contributed by atoms with van der Waals surface area (Å²) in [6.07, 6.45) is -0.207. The quantitative estimate of drug-likeness (QED) is 0.303. The largest absolute Gasteiger partial charge is 0.508 e. The average Bonchev–Trinajstić information content (AvgIpc) is 2.67. The molecule has 2 rings (SSSR count). The number of nitrogens with zero attached hydrogens (tertiary/aromatic N) is 1. The molecule has 0 unspecified atom stereocenters. The number of benzene rings is 1. The van der Waals surface area contributed by atoms with Gasteiger partial charge in [-0.15, -0.1) is 0 Å². The van der Waals surface area contributed by atoms with Crippen molar-refractivity contribution >= 4 is 30.8 Å². The molecule has 0 spiro atoms. The van der Waals surface area contributed by atoms with Gasteiger partial charge in [-0.2, -0.15) is 9.37 Å². The zero-order valence-electron chi connectivity index (χ0n) is 16.8. The number of rotatable bonds is 8. The second-order valence-electron chi connectivity index (χ2n) is 6.94. The number of phenols is 1. The molecule has 0 aliphatic heterocycles. The minimum Gasteiger partial charge on any atom is -0.508 e. The summed E-state index contributed by atoms with van der Waals surface area (Å²) in [5, 5.41) is 7.03. The first-order valence-electron chi connectivity index (χ1n) is 9.16. The van der Waals surface area contributed by atoms with Crippen molar-refractivity contribution in [1.29, 1.82) is 0 Å². The van der Waals surface area contributed by atoms with Gasteiger partial charge < -0.3 is 24.4 Å². The van der Waals surface area contributed by atoms with E-state index in [2.05, 4.69) is 4.98 Å². The topological polar surface area (TPSA) is 109 Å². The van der Waals surface area contributed by atoms with E-state index in [0.29, 0.717) is 5.56 Å². The highest BCUT2D eigenvalue weighted by Crippen LogP contribution is 2.55. The van der Waals surface area contributed by atoms with Crippen LogP contribution in [0, 0.1) is 5.82 Å². The molecule has 1 aromatic carbocycles. The Bertz CT molecular complexity index is 978. The molecule has 0 bridgehead atoms. The Labute approximate surface area is 183 Å². The van der Waals surface area contributed by atoms with E-state index in [0.717, 1.165) is 0 Å². The summed E-state index contributed by atoms with van der Waals surface area (Å²) in [6, 6.07) is 4.43. The number of phenolic OH excluding ortho intramolecular Hbond substituents is 1. The average molecular weight is 482 g/mol. The van der Waals surface area contributed by atoms with E-state index in [1.807, 2.05) is 13.8 Å². The maximum absolute atomic E-state index is 14.9. The van der Waals surface area contributed by atoms with Crippen molar-refractivity contribution < 1.29 is 33.3 Å². The zero-order chi connectivity index (χ0) is 22.9. The van der Waals surface area contributed by atoms with Crippen LogP contribution in [0.1, 0.15) is 52.0 Å². The van der Waals surface area contributed by atoms with Gasteiger partial charge in [0.1, 0.15) is 16.5 Å². The van der Waals surface area contributed by atoms with Gasteiger partial charge in [-0.05, 0) is 37.0 Å². The second kappa shape index (κ2) is 9.28. The van der Waals surface area contributed by atoms with Gasteiger partial charge in [0.2, 0.25) is 11.2 Å². The van der Waals surface area contributed by atoms with Crippen LogP contribution in [0.15, 0.2) is 18.2 Å². The fourth-order valence-electron chi connectivity index (χ4n) is 2.85. The maximum atomic E-state index is 14.9. The summed E-state index contributed by atoms with van der Waals surface area (Å²) in [7, 11) is -4.78. The molecule has 0 amide bonds. The Morgan fingerprint density at radius 2 is 1.83 bits per heavy atom. The molecule has 0 saturated carbocycles. The molecule has 0 aliphatic carbocycles. The smallest absolute Gasteiger partial charge is 0.368 e. The molecule has 0 saturated heterocycles. The Hall–Kier alpha value is -1.57. The highest BCUT2D eigenvalue weighted by atomic mass is 35.5. The number of hydrogen-bond donors (Lipinski definition) is 3. The first-order chi connectivity index (χ1) is 13.9. The van der Waals surface area contributed by atoms with Crippen LogP contribution in [0.3, 0.4) is 0 Å². The fraction of sp³-hybridized carbons (Fsp3) is 0.421. The number of halogens is 3. The number of aromatic nitrogens is 1. The molecule has 0 aliphatic rings. The summed E-state index contributed by atoms with van der Waals surface area (Å²) in [4.78, 5) is 23.1. The summed E-state index contributed by atoms with van der Waals surface area (Å²) in [5.41, 5.74) is 0.602.